The summed E-state index contributed by atoms with van der Waals surface area (Å²) in [5, 5.41) is 8.66. The zero-order valence-electron chi connectivity index (χ0n) is 7.68. The number of aromatic nitrogens is 1. The van der Waals surface area contributed by atoms with E-state index >= 15 is 0 Å². The lowest BCUT2D eigenvalue weighted by atomic mass is 10.2. The van der Waals surface area contributed by atoms with Gasteiger partial charge in [-0.2, -0.15) is 0 Å². The quantitative estimate of drug-likeness (QED) is 0.775. The monoisotopic (exact) mass is 204 g/mol. The van der Waals surface area contributed by atoms with E-state index in [-0.39, 0.29) is 5.76 Å². The topological polar surface area (TPSA) is 89.4 Å². The summed E-state index contributed by atoms with van der Waals surface area (Å²) in [6, 6.07) is 6.32. The van der Waals surface area contributed by atoms with Gasteiger partial charge in [-0.25, -0.2) is 9.78 Å². The van der Waals surface area contributed by atoms with Crippen molar-refractivity contribution in [2.75, 3.05) is 5.73 Å². The van der Waals surface area contributed by atoms with Gasteiger partial charge >= 0.3 is 5.97 Å². The summed E-state index contributed by atoms with van der Waals surface area (Å²) in [5.41, 5.74) is 6.11. The molecule has 5 heteroatoms. The molecule has 0 saturated carbocycles. The molecular weight excluding hydrogens is 196 g/mol. The highest BCUT2D eigenvalue weighted by Gasteiger charge is 2.10. The highest BCUT2D eigenvalue weighted by atomic mass is 16.4. The smallest absolute Gasteiger partial charge is 0.371 e. The fourth-order valence-electron chi connectivity index (χ4n) is 1.16. The number of hydrogen-bond donors (Lipinski definition) is 2. The molecule has 2 rings (SSSR count). The first kappa shape index (κ1) is 9.26. The van der Waals surface area contributed by atoms with Gasteiger partial charge in [-0.1, -0.05) is 0 Å². The predicted molar refractivity (Wildman–Crippen MR) is 53.3 cm³/mol. The van der Waals surface area contributed by atoms with E-state index in [0.717, 1.165) is 0 Å². The SMILES string of the molecule is Nc1ccc(-c2ccc(C(=O)O)o2)cn1. The van der Waals surface area contributed by atoms with Crippen molar-refractivity contribution in [2.24, 2.45) is 0 Å². The van der Waals surface area contributed by atoms with Crippen LogP contribution in [0.4, 0.5) is 5.82 Å². The van der Waals surface area contributed by atoms with Crippen molar-refractivity contribution in [1.29, 1.82) is 0 Å². The molecule has 0 radical (unpaired) electrons. The largest absolute Gasteiger partial charge is 0.475 e. The second-order valence-electron chi connectivity index (χ2n) is 2.94. The van der Waals surface area contributed by atoms with E-state index < -0.39 is 5.97 Å². The molecule has 0 bridgehead atoms. The summed E-state index contributed by atoms with van der Waals surface area (Å²) in [5.74, 6) is -0.324. The average molecular weight is 204 g/mol. The van der Waals surface area contributed by atoms with E-state index in [1.165, 1.54) is 12.3 Å². The molecule has 0 amide bonds. The maximum atomic E-state index is 10.6. The molecule has 0 aliphatic rings. The number of nitrogen functional groups attached to an aromatic ring is 1. The third-order valence-electron chi connectivity index (χ3n) is 1.89. The molecule has 0 unspecified atom stereocenters. The van der Waals surface area contributed by atoms with Crippen LogP contribution in [0.3, 0.4) is 0 Å². The molecule has 0 aromatic carbocycles. The lowest BCUT2D eigenvalue weighted by molar-refractivity contribution is 0.0663. The van der Waals surface area contributed by atoms with Crippen LogP contribution < -0.4 is 5.73 Å². The van der Waals surface area contributed by atoms with Gasteiger partial charge in [-0.15, -0.1) is 0 Å². The molecule has 5 nitrogen and oxygen atoms in total. The van der Waals surface area contributed by atoms with Crippen molar-refractivity contribution in [3.63, 3.8) is 0 Å². The van der Waals surface area contributed by atoms with Crippen LogP contribution in [0.5, 0.6) is 0 Å². The number of nitrogens with two attached hydrogens (primary N) is 1. The van der Waals surface area contributed by atoms with Crippen molar-refractivity contribution in [3.05, 3.63) is 36.2 Å². The fourth-order valence-corrected chi connectivity index (χ4v) is 1.16. The van der Waals surface area contributed by atoms with Crippen LogP contribution in [0, 0.1) is 0 Å². The Labute approximate surface area is 85.2 Å². The molecule has 0 aliphatic heterocycles. The minimum Gasteiger partial charge on any atom is -0.475 e. The van der Waals surface area contributed by atoms with Crippen molar-refractivity contribution in [2.45, 2.75) is 0 Å². The third kappa shape index (κ3) is 1.80. The first-order valence-corrected chi connectivity index (χ1v) is 4.22. The molecule has 3 N–H and O–H groups in total. The number of anilines is 1. The van der Waals surface area contributed by atoms with E-state index in [9.17, 15) is 4.79 Å². The first-order valence-electron chi connectivity index (χ1n) is 4.22. The van der Waals surface area contributed by atoms with Crippen molar-refractivity contribution >= 4 is 11.8 Å². The Hall–Kier alpha value is -2.30. The molecule has 2 aromatic rings. The fraction of sp³-hybridized carbons (Fsp3) is 0. The zero-order valence-corrected chi connectivity index (χ0v) is 7.68. The Kier molecular flexibility index (Phi) is 2.13. The summed E-state index contributed by atoms with van der Waals surface area (Å²) >= 11 is 0. The van der Waals surface area contributed by atoms with Crippen LogP contribution in [-0.4, -0.2) is 16.1 Å². The minimum absolute atomic E-state index is 0.0955. The summed E-state index contributed by atoms with van der Waals surface area (Å²) in [6.45, 7) is 0. The van der Waals surface area contributed by atoms with Gasteiger partial charge in [-0.3, -0.25) is 0 Å². The van der Waals surface area contributed by atoms with Gasteiger partial charge in [0.25, 0.3) is 0 Å². The minimum atomic E-state index is -1.09. The van der Waals surface area contributed by atoms with E-state index in [1.54, 1.807) is 18.2 Å². The van der Waals surface area contributed by atoms with Gasteiger partial charge in [0.1, 0.15) is 11.6 Å². The van der Waals surface area contributed by atoms with Crippen molar-refractivity contribution in [1.82, 2.24) is 4.98 Å². The highest BCUT2D eigenvalue weighted by molar-refractivity contribution is 5.85. The number of furan rings is 1. The zero-order chi connectivity index (χ0) is 10.8. The molecule has 76 valence electrons. The van der Waals surface area contributed by atoms with Gasteiger partial charge in [0, 0.05) is 11.8 Å². The third-order valence-corrected chi connectivity index (χ3v) is 1.89. The Morgan fingerprint density at radius 2 is 2.13 bits per heavy atom. The van der Waals surface area contributed by atoms with Crippen LogP contribution in [-0.2, 0) is 0 Å². The first-order chi connectivity index (χ1) is 7.16. The molecule has 2 heterocycles. The number of carboxylic acid groups (broad SMARTS) is 1. The number of rotatable bonds is 2. The Morgan fingerprint density at radius 1 is 1.33 bits per heavy atom. The van der Waals surface area contributed by atoms with Gasteiger partial charge in [0.2, 0.25) is 5.76 Å². The molecule has 2 aromatic heterocycles. The van der Waals surface area contributed by atoms with Crippen LogP contribution in [0.15, 0.2) is 34.9 Å². The lowest BCUT2D eigenvalue weighted by Crippen LogP contribution is -1.91. The number of carbonyl (C=O) groups is 1. The standard InChI is InChI=1S/C10H8N2O3/c11-9-4-1-6(5-12-9)7-2-3-8(15-7)10(13)14/h1-5H,(H2,11,12)(H,13,14). The van der Waals surface area contributed by atoms with Crippen molar-refractivity contribution < 1.29 is 14.3 Å². The normalized spacial score (nSPS) is 10.1. The van der Waals surface area contributed by atoms with Crippen LogP contribution in [0.1, 0.15) is 10.6 Å². The van der Waals surface area contributed by atoms with E-state index in [2.05, 4.69) is 4.98 Å². The molecule has 0 aliphatic carbocycles. The summed E-state index contributed by atoms with van der Waals surface area (Å²) in [6.07, 6.45) is 1.53. The molecule has 15 heavy (non-hydrogen) atoms. The molecule has 0 spiro atoms. The molecular formula is C10H8N2O3. The Bertz CT molecular complexity index is 488. The maximum Gasteiger partial charge on any atom is 0.371 e. The summed E-state index contributed by atoms with van der Waals surface area (Å²) in [7, 11) is 0. The van der Waals surface area contributed by atoms with E-state index in [0.29, 0.717) is 17.1 Å². The molecule has 0 fully saturated rings. The number of pyridine rings is 1. The summed E-state index contributed by atoms with van der Waals surface area (Å²) in [4.78, 5) is 14.5. The Balaban J connectivity index is 2.37. The number of nitrogens with zero attached hydrogens (tertiary/aromatic N) is 1. The number of aromatic carboxylic acids is 1. The van der Waals surface area contributed by atoms with Crippen LogP contribution >= 0.6 is 0 Å². The molecule has 0 saturated heterocycles. The van der Waals surface area contributed by atoms with Crippen molar-refractivity contribution in [3.8, 4) is 11.3 Å². The average Bonchev–Trinajstić information content (AvgIpc) is 2.68. The van der Waals surface area contributed by atoms with Crippen LogP contribution in [0.2, 0.25) is 0 Å². The molecule has 0 atom stereocenters. The Morgan fingerprint density at radius 3 is 2.67 bits per heavy atom. The van der Waals surface area contributed by atoms with E-state index in [4.69, 9.17) is 15.3 Å². The van der Waals surface area contributed by atoms with Gasteiger partial charge < -0.3 is 15.3 Å². The van der Waals surface area contributed by atoms with Gasteiger partial charge in [-0.05, 0) is 24.3 Å². The van der Waals surface area contributed by atoms with Crippen LogP contribution in [0.25, 0.3) is 11.3 Å². The van der Waals surface area contributed by atoms with Gasteiger partial charge in [0.05, 0.1) is 0 Å². The summed E-state index contributed by atoms with van der Waals surface area (Å²) < 4.78 is 5.09. The maximum absolute atomic E-state index is 10.6. The van der Waals surface area contributed by atoms with Gasteiger partial charge in [0.15, 0.2) is 0 Å². The van der Waals surface area contributed by atoms with E-state index in [1.807, 2.05) is 0 Å². The highest BCUT2D eigenvalue weighted by Crippen LogP contribution is 2.21. The number of hydrogen-bond acceptors (Lipinski definition) is 4. The number of carboxylic acids is 1. The second kappa shape index (κ2) is 3.45. The lowest BCUT2D eigenvalue weighted by Gasteiger charge is -1.96. The predicted octanol–water partition coefficient (Wildman–Crippen LogP) is 1.62. The second-order valence-corrected chi connectivity index (χ2v) is 2.94.